The summed E-state index contributed by atoms with van der Waals surface area (Å²) < 4.78 is 0. The molecule has 1 aromatic carbocycles. The third kappa shape index (κ3) is 5.87. The highest BCUT2D eigenvalue weighted by Gasteiger charge is 2.12. The first-order valence-corrected chi connectivity index (χ1v) is 8.75. The molecule has 0 fully saturated rings. The van der Waals surface area contributed by atoms with Gasteiger partial charge in [-0.2, -0.15) is 5.26 Å². The molecule has 2 N–H and O–H groups in total. The van der Waals surface area contributed by atoms with Crippen molar-refractivity contribution in [1.29, 1.82) is 5.26 Å². The zero-order valence-corrected chi connectivity index (χ0v) is 15.2. The van der Waals surface area contributed by atoms with E-state index in [1.165, 1.54) is 11.3 Å². The van der Waals surface area contributed by atoms with E-state index >= 15 is 0 Å². The van der Waals surface area contributed by atoms with Gasteiger partial charge in [0, 0.05) is 13.0 Å². The van der Waals surface area contributed by atoms with Crippen LogP contribution < -0.4 is 10.6 Å². The molecule has 1 aromatic heterocycles. The Morgan fingerprint density at radius 3 is 2.72 bits per heavy atom. The summed E-state index contributed by atoms with van der Waals surface area (Å²) in [6, 6.07) is 10.7. The minimum absolute atomic E-state index is 0.140. The van der Waals surface area contributed by atoms with Crippen LogP contribution in [-0.4, -0.2) is 36.9 Å². The molecular weight excluding hydrogens is 360 g/mol. The van der Waals surface area contributed by atoms with Gasteiger partial charge in [-0.05, 0) is 30.6 Å². The topological polar surface area (TPSA) is 85.2 Å². The molecule has 1 heterocycles. The monoisotopic (exact) mass is 376 g/mol. The van der Waals surface area contributed by atoms with Crippen LogP contribution in [0.15, 0.2) is 35.7 Å². The summed E-state index contributed by atoms with van der Waals surface area (Å²) in [5.74, 6) is -0.404. The standard InChI is InChI=1S/C17H17ClN4O2S/c1-22(11-16(24)20-14-5-3-2-4-13(14)18)8-6-15(23)21-17-12(10-19)7-9-25-17/h2-5,7,9H,6,8,11H2,1H3,(H,20,24)(H,21,23). The number of thiophene rings is 1. The molecule has 0 saturated heterocycles. The lowest BCUT2D eigenvalue weighted by atomic mass is 10.3. The predicted octanol–water partition coefficient (Wildman–Crippen LogP) is 3.17. The van der Waals surface area contributed by atoms with E-state index in [9.17, 15) is 9.59 Å². The second kappa shape index (κ2) is 9.18. The number of anilines is 2. The van der Waals surface area contributed by atoms with Gasteiger partial charge in [0.05, 0.1) is 22.8 Å². The van der Waals surface area contributed by atoms with Crippen LogP contribution in [-0.2, 0) is 9.59 Å². The van der Waals surface area contributed by atoms with Gasteiger partial charge in [0.25, 0.3) is 0 Å². The van der Waals surface area contributed by atoms with Crippen molar-refractivity contribution >= 4 is 45.4 Å². The van der Waals surface area contributed by atoms with Gasteiger partial charge in [0.2, 0.25) is 11.8 Å². The summed E-state index contributed by atoms with van der Waals surface area (Å²) in [5, 5.41) is 17.1. The molecule has 2 amide bonds. The van der Waals surface area contributed by atoms with Crippen molar-refractivity contribution < 1.29 is 9.59 Å². The molecule has 25 heavy (non-hydrogen) atoms. The van der Waals surface area contributed by atoms with E-state index in [2.05, 4.69) is 10.6 Å². The van der Waals surface area contributed by atoms with Gasteiger partial charge in [-0.15, -0.1) is 11.3 Å². The second-order valence-corrected chi connectivity index (χ2v) is 6.66. The fourth-order valence-corrected chi connectivity index (χ4v) is 2.99. The Balaban J connectivity index is 1.75. The van der Waals surface area contributed by atoms with E-state index in [1.807, 2.05) is 6.07 Å². The van der Waals surface area contributed by atoms with Gasteiger partial charge in [-0.1, -0.05) is 23.7 Å². The maximum absolute atomic E-state index is 12.0. The van der Waals surface area contributed by atoms with E-state index in [-0.39, 0.29) is 24.8 Å². The van der Waals surface area contributed by atoms with Gasteiger partial charge >= 0.3 is 0 Å². The fraction of sp³-hybridized carbons (Fsp3) is 0.235. The zero-order chi connectivity index (χ0) is 18.2. The van der Waals surface area contributed by atoms with Crippen LogP contribution in [0.25, 0.3) is 0 Å². The Hall–Kier alpha value is -2.40. The van der Waals surface area contributed by atoms with Crippen molar-refractivity contribution in [2.24, 2.45) is 0 Å². The molecule has 0 aliphatic rings. The lowest BCUT2D eigenvalue weighted by Gasteiger charge is -2.16. The number of hydrogen-bond acceptors (Lipinski definition) is 5. The quantitative estimate of drug-likeness (QED) is 0.777. The van der Waals surface area contributed by atoms with Crippen molar-refractivity contribution in [3.8, 4) is 6.07 Å². The summed E-state index contributed by atoms with van der Waals surface area (Å²) in [5.41, 5.74) is 1.01. The van der Waals surface area contributed by atoms with E-state index in [0.29, 0.717) is 27.8 Å². The molecule has 2 rings (SSSR count). The number of hydrogen-bond donors (Lipinski definition) is 2. The molecule has 8 heteroatoms. The molecule has 0 radical (unpaired) electrons. The Labute approximate surface area is 155 Å². The van der Waals surface area contributed by atoms with E-state index in [0.717, 1.165) is 0 Å². The molecule has 0 spiro atoms. The average Bonchev–Trinajstić information content (AvgIpc) is 3.02. The summed E-state index contributed by atoms with van der Waals surface area (Å²) in [6.07, 6.45) is 0.221. The fourth-order valence-electron chi connectivity index (χ4n) is 2.05. The first-order chi connectivity index (χ1) is 12.0. The van der Waals surface area contributed by atoms with Gasteiger partial charge in [0.1, 0.15) is 11.1 Å². The van der Waals surface area contributed by atoms with Gasteiger partial charge < -0.3 is 10.6 Å². The van der Waals surface area contributed by atoms with Crippen molar-refractivity contribution in [3.63, 3.8) is 0 Å². The molecule has 0 aliphatic heterocycles. The number of carbonyl (C=O) groups is 2. The Morgan fingerprint density at radius 2 is 2.00 bits per heavy atom. The highest BCUT2D eigenvalue weighted by molar-refractivity contribution is 7.14. The van der Waals surface area contributed by atoms with E-state index in [1.54, 1.807) is 47.7 Å². The maximum Gasteiger partial charge on any atom is 0.238 e. The number of halogens is 1. The number of para-hydroxylation sites is 1. The number of nitrogens with one attached hydrogen (secondary N) is 2. The smallest absolute Gasteiger partial charge is 0.238 e. The molecule has 0 atom stereocenters. The van der Waals surface area contributed by atoms with E-state index in [4.69, 9.17) is 16.9 Å². The van der Waals surface area contributed by atoms with Crippen LogP contribution in [0.3, 0.4) is 0 Å². The number of amides is 2. The molecule has 6 nitrogen and oxygen atoms in total. The number of rotatable bonds is 7. The number of nitriles is 1. The molecule has 0 aliphatic carbocycles. The molecular formula is C17H17ClN4O2S. The summed E-state index contributed by atoms with van der Waals surface area (Å²) >= 11 is 7.30. The molecule has 130 valence electrons. The summed E-state index contributed by atoms with van der Waals surface area (Å²) in [4.78, 5) is 25.7. The van der Waals surface area contributed by atoms with Gasteiger partial charge in [0.15, 0.2) is 0 Å². The minimum atomic E-state index is -0.207. The highest BCUT2D eigenvalue weighted by atomic mass is 35.5. The van der Waals surface area contributed by atoms with Crippen LogP contribution in [0.2, 0.25) is 5.02 Å². The summed E-state index contributed by atoms with van der Waals surface area (Å²) in [7, 11) is 1.76. The van der Waals surface area contributed by atoms with Crippen LogP contribution in [0.5, 0.6) is 0 Å². The number of likely N-dealkylation sites (N-methyl/N-ethyl adjacent to an activating group) is 1. The second-order valence-electron chi connectivity index (χ2n) is 5.34. The number of benzene rings is 1. The Kier molecular flexibility index (Phi) is 6.95. The SMILES string of the molecule is CN(CCC(=O)Nc1sccc1C#N)CC(=O)Nc1ccccc1Cl. The number of carbonyl (C=O) groups excluding carboxylic acids is 2. The van der Waals surface area contributed by atoms with Crippen LogP contribution in [0.1, 0.15) is 12.0 Å². The largest absolute Gasteiger partial charge is 0.324 e. The third-order valence-corrected chi connectivity index (χ3v) is 4.48. The highest BCUT2D eigenvalue weighted by Crippen LogP contribution is 2.22. The zero-order valence-electron chi connectivity index (χ0n) is 13.6. The van der Waals surface area contributed by atoms with Crippen molar-refractivity contribution in [2.75, 3.05) is 30.8 Å². The average molecular weight is 377 g/mol. The van der Waals surface area contributed by atoms with Gasteiger partial charge in [-0.25, -0.2) is 0 Å². The molecule has 0 bridgehead atoms. The molecule has 0 saturated carbocycles. The minimum Gasteiger partial charge on any atom is -0.324 e. The van der Waals surface area contributed by atoms with Crippen LogP contribution >= 0.6 is 22.9 Å². The normalized spacial score (nSPS) is 10.3. The predicted molar refractivity (Wildman–Crippen MR) is 99.9 cm³/mol. The first-order valence-electron chi connectivity index (χ1n) is 7.50. The summed E-state index contributed by atoms with van der Waals surface area (Å²) in [6.45, 7) is 0.552. The van der Waals surface area contributed by atoms with Crippen molar-refractivity contribution in [3.05, 3.63) is 46.3 Å². The molecule has 2 aromatic rings. The lowest BCUT2D eigenvalue weighted by Crippen LogP contribution is -2.32. The van der Waals surface area contributed by atoms with E-state index < -0.39 is 0 Å². The van der Waals surface area contributed by atoms with Crippen LogP contribution in [0, 0.1) is 11.3 Å². The van der Waals surface area contributed by atoms with Gasteiger partial charge in [-0.3, -0.25) is 14.5 Å². The lowest BCUT2D eigenvalue weighted by molar-refractivity contribution is -0.119. The van der Waals surface area contributed by atoms with Crippen molar-refractivity contribution in [2.45, 2.75) is 6.42 Å². The molecule has 0 unspecified atom stereocenters. The van der Waals surface area contributed by atoms with Crippen molar-refractivity contribution in [1.82, 2.24) is 4.90 Å². The maximum atomic E-state index is 12.0. The third-order valence-electron chi connectivity index (χ3n) is 3.32. The Morgan fingerprint density at radius 1 is 1.24 bits per heavy atom. The first kappa shape index (κ1) is 18.9. The van der Waals surface area contributed by atoms with Crippen LogP contribution in [0.4, 0.5) is 10.7 Å². The number of nitrogens with zero attached hydrogens (tertiary/aromatic N) is 2. The Bertz CT molecular complexity index is 800.